The Kier molecular flexibility index (Phi) is 5.52. The molecule has 0 aliphatic rings. The molecule has 0 unspecified atom stereocenters. The van der Waals surface area contributed by atoms with Gasteiger partial charge in [-0.1, -0.05) is 24.3 Å². The number of carbonyl (C=O) groups is 1. The van der Waals surface area contributed by atoms with E-state index < -0.39 is 11.7 Å². The van der Waals surface area contributed by atoms with Crippen LogP contribution in [0.4, 0.5) is 10.1 Å². The average Bonchev–Trinajstić information content (AvgIpc) is 3.14. The Bertz CT molecular complexity index is 1330. The lowest BCUT2D eigenvalue weighted by atomic mass is 10.1. The minimum Gasteiger partial charge on any atom is -0.436 e. The maximum Gasteiger partial charge on any atom is 0.260 e. The minimum atomic E-state index is -0.616. The summed E-state index contributed by atoms with van der Waals surface area (Å²) in [6.45, 7) is 5.92. The van der Waals surface area contributed by atoms with Gasteiger partial charge in [0.15, 0.2) is 10.7 Å². The molecule has 4 rings (SSSR count). The smallest absolute Gasteiger partial charge is 0.260 e. The summed E-state index contributed by atoms with van der Waals surface area (Å²) in [4.78, 5) is 16.9. The molecule has 1 heterocycles. The van der Waals surface area contributed by atoms with Crippen molar-refractivity contribution in [1.29, 1.82) is 0 Å². The zero-order valence-corrected chi connectivity index (χ0v) is 18.1. The van der Waals surface area contributed by atoms with Crippen LogP contribution in [0.25, 0.3) is 22.6 Å². The molecule has 1 aromatic heterocycles. The summed E-state index contributed by atoms with van der Waals surface area (Å²) in [5.41, 5.74) is 5.97. The largest absolute Gasteiger partial charge is 0.436 e. The third-order valence-corrected chi connectivity index (χ3v) is 5.18. The van der Waals surface area contributed by atoms with Gasteiger partial charge in [-0.2, -0.15) is 0 Å². The molecule has 156 valence electrons. The Labute approximate surface area is 184 Å². The second-order valence-corrected chi connectivity index (χ2v) is 7.72. The molecule has 2 N–H and O–H groups in total. The maximum absolute atomic E-state index is 13.8. The van der Waals surface area contributed by atoms with Crippen molar-refractivity contribution in [1.82, 2.24) is 10.3 Å². The molecule has 0 fully saturated rings. The van der Waals surface area contributed by atoms with E-state index in [0.29, 0.717) is 11.6 Å². The summed E-state index contributed by atoms with van der Waals surface area (Å²) in [6, 6.07) is 15.4. The van der Waals surface area contributed by atoms with Crippen LogP contribution in [0.1, 0.15) is 27.0 Å². The van der Waals surface area contributed by atoms with Crippen molar-refractivity contribution in [3.8, 4) is 11.5 Å². The first kappa shape index (κ1) is 20.7. The van der Waals surface area contributed by atoms with E-state index in [1.807, 2.05) is 45.0 Å². The summed E-state index contributed by atoms with van der Waals surface area (Å²) in [6.07, 6.45) is 0. The van der Waals surface area contributed by atoms with Gasteiger partial charge >= 0.3 is 0 Å². The number of fused-ring (bicyclic) bond motifs is 1. The first-order valence-electron chi connectivity index (χ1n) is 9.68. The fourth-order valence-corrected chi connectivity index (χ4v) is 3.67. The molecule has 0 saturated carbocycles. The van der Waals surface area contributed by atoms with Crippen LogP contribution in [0, 0.1) is 26.6 Å². The van der Waals surface area contributed by atoms with E-state index in [-0.39, 0.29) is 10.7 Å². The number of aryl methyl sites for hydroxylation is 2. The number of aromatic nitrogens is 1. The van der Waals surface area contributed by atoms with Crippen LogP contribution in [-0.2, 0) is 0 Å². The number of oxazole rings is 1. The zero-order chi connectivity index (χ0) is 22.1. The first-order chi connectivity index (χ1) is 14.8. The number of hydrogen-bond acceptors (Lipinski definition) is 4. The molecule has 31 heavy (non-hydrogen) atoms. The van der Waals surface area contributed by atoms with Crippen molar-refractivity contribution in [2.45, 2.75) is 20.8 Å². The summed E-state index contributed by atoms with van der Waals surface area (Å²) >= 11 is 5.25. The molecule has 0 radical (unpaired) electrons. The number of hydrogen-bond donors (Lipinski definition) is 2. The number of rotatable bonds is 3. The monoisotopic (exact) mass is 433 g/mol. The van der Waals surface area contributed by atoms with Crippen LogP contribution in [0.2, 0.25) is 0 Å². The Hall–Kier alpha value is -3.58. The van der Waals surface area contributed by atoms with Crippen molar-refractivity contribution >= 4 is 40.0 Å². The Morgan fingerprint density at radius 3 is 2.61 bits per heavy atom. The molecule has 1 amide bonds. The Balaban J connectivity index is 1.58. The molecular weight excluding hydrogens is 413 g/mol. The third-order valence-electron chi connectivity index (χ3n) is 4.98. The highest BCUT2D eigenvalue weighted by Crippen LogP contribution is 2.32. The average molecular weight is 434 g/mol. The summed E-state index contributed by atoms with van der Waals surface area (Å²) in [5, 5.41) is 5.58. The van der Waals surface area contributed by atoms with Gasteiger partial charge in [-0.3, -0.25) is 10.1 Å². The summed E-state index contributed by atoms with van der Waals surface area (Å²) in [5.74, 6) is -0.720. The lowest BCUT2D eigenvalue weighted by Crippen LogP contribution is -2.34. The van der Waals surface area contributed by atoms with E-state index >= 15 is 0 Å². The molecule has 0 aliphatic carbocycles. The molecule has 0 saturated heterocycles. The van der Waals surface area contributed by atoms with Crippen molar-refractivity contribution in [2.24, 2.45) is 0 Å². The molecule has 3 aromatic carbocycles. The van der Waals surface area contributed by atoms with Gasteiger partial charge in [0.1, 0.15) is 11.3 Å². The van der Waals surface area contributed by atoms with E-state index in [1.54, 1.807) is 6.07 Å². The first-order valence-corrected chi connectivity index (χ1v) is 10.1. The highest BCUT2D eigenvalue weighted by Gasteiger charge is 2.16. The number of thiocarbonyl (C=S) groups is 1. The van der Waals surface area contributed by atoms with Crippen molar-refractivity contribution in [3.63, 3.8) is 0 Å². The molecule has 7 heteroatoms. The molecule has 0 atom stereocenters. The predicted octanol–water partition coefficient (Wildman–Crippen LogP) is 5.69. The van der Waals surface area contributed by atoms with Gasteiger partial charge in [0.2, 0.25) is 5.89 Å². The van der Waals surface area contributed by atoms with Crippen molar-refractivity contribution < 1.29 is 13.6 Å². The molecule has 0 aliphatic heterocycles. The van der Waals surface area contributed by atoms with Gasteiger partial charge in [0.05, 0.1) is 5.56 Å². The fourth-order valence-electron chi connectivity index (χ4n) is 3.46. The highest BCUT2D eigenvalue weighted by molar-refractivity contribution is 7.80. The topological polar surface area (TPSA) is 67.2 Å². The number of benzene rings is 3. The summed E-state index contributed by atoms with van der Waals surface area (Å²) < 4.78 is 19.9. The van der Waals surface area contributed by atoms with Crippen LogP contribution in [0.3, 0.4) is 0 Å². The predicted molar refractivity (Wildman–Crippen MR) is 124 cm³/mol. The fraction of sp³-hybridized carbons (Fsp3) is 0.125. The van der Waals surface area contributed by atoms with Gasteiger partial charge in [0, 0.05) is 11.3 Å². The zero-order valence-electron chi connectivity index (χ0n) is 17.2. The van der Waals surface area contributed by atoms with Gasteiger partial charge < -0.3 is 9.73 Å². The third kappa shape index (κ3) is 4.18. The lowest BCUT2D eigenvalue weighted by Gasteiger charge is -2.13. The minimum absolute atomic E-state index is 0.0672. The number of anilines is 1. The molecular formula is C24H20FN3O2S. The van der Waals surface area contributed by atoms with Gasteiger partial charge in [-0.15, -0.1) is 0 Å². The Morgan fingerprint density at radius 2 is 1.84 bits per heavy atom. The van der Waals surface area contributed by atoms with E-state index in [4.69, 9.17) is 16.6 Å². The van der Waals surface area contributed by atoms with Gasteiger partial charge in [-0.25, -0.2) is 9.37 Å². The normalized spacial score (nSPS) is 10.8. The van der Waals surface area contributed by atoms with Crippen LogP contribution < -0.4 is 10.6 Å². The van der Waals surface area contributed by atoms with E-state index in [1.165, 1.54) is 18.2 Å². The quantitative estimate of drug-likeness (QED) is 0.407. The summed E-state index contributed by atoms with van der Waals surface area (Å²) in [7, 11) is 0. The number of halogens is 1. The van der Waals surface area contributed by atoms with Crippen molar-refractivity contribution in [3.05, 3.63) is 82.7 Å². The van der Waals surface area contributed by atoms with Crippen LogP contribution >= 0.6 is 12.2 Å². The van der Waals surface area contributed by atoms with Crippen LogP contribution in [0.5, 0.6) is 0 Å². The standard InChI is InChI=1S/C24H20FN3O2S/c1-13-11-14(2)21-20(12-13)26-23(30-21)16-8-6-10-19(15(16)3)27-24(31)28-22(29)17-7-4-5-9-18(17)25/h4-12H,1-3H3,(H2,27,28,29,31). The van der Waals surface area contributed by atoms with Crippen LogP contribution in [-0.4, -0.2) is 16.0 Å². The second-order valence-electron chi connectivity index (χ2n) is 7.32. The second kappa shape index (κ2) is 8.28. The SMILES string of the molecule is Cc1cc(C)c2oc(-c3cccc(NC(=S)NC(=O)c4ccccc4F)c3C)nc2c1. The van der Waals surface area contributed by atoms with Gasteiger partial charge in [0.25, 0.3) is 5.91 Å². The number of nitrogens with one attached hydrogen (secondary N) is 2. The van der Waals surface area contributed by atoms with Crippen LogP contribution in [0.15, 0.2) is 59.0 Å². The lowest BCUT2D eigenvalue weighted by molar-refractivity contribution is 0.0974. The molecule has 4 aromatic rings. The molecule has 0 bridgehead atoms. The maximum atomic E-state index is 13.8. The number of carbonyl (C=O) groups excluding carboxylic acids is 1. The molecule has 0 spiro atoms. The van der Waals surface area contributed by atoms with E-state index in [0.717, 1.165) is 33.4 Å². The number of nitrogens with zero attached hydrogens (tertiary/aromatic N) is 1. The molecule has 5 nitrogen and oxygen atoms in total. The van der Waals surface area contributed by atoms with E-state index in [2.05, 4.69) is 21.7 Å². The van der Waals surface area contributed by atoms with E-state index in [9.17, 15) is 9.18 Å². The number of amides is 1. The van der Waals surface area contributed by atoms with Gasteiger partial charge in [-0.05, 0) is 80.0 Å². The highest BCUT2D eigenvalue weighted by atomic mass is 32.1. The Morgan fingerprint density at radius 1 is 1.06 bits per heavy atom. The van der Waals surface area contributed by atoms with Crippen molar-refractivity contribution in [2.75, 3.05) is 5.32 Å².